The van der Waals surface area contributed by atoms with Crippen LogP contribution in [0.15, 0.2) is 73.4 Å². The number of hydrogen-bond acceptors (Lipinski definition) is 22. The summed E-state index contributed by atoms with van der Waals surface area (Å²) in [4.78, 5) is 90.7. The van der Waals surface area contributed by atoms with Gasteiger partial charge in [0.1, 0.15) is 28.6 Å². The smallest absolute Gasteiger partial charge is 0.230 e. The summed E-state index contributed by atoms with van der Waals surface area (Å²) in [6.45, 7) is 13.1. The number of likely N-dealkylation sites (N-methyl/N-ethyl adjacent to an activating group) is 3. The topological polar surface area (TPSA) is 243 Å². The Morgan fingerprint density at radius 1 is 0.408 bits per heavy atom. The van der Waals surface area contributed by atoms with Crippen LogP contribution in [0.3, 0.4) is 0 Å². The maximum atomic E-state index is 12.8. The molecule has 0 bridgehead atoms. The average Bonchev–Trinajstić information content (AvgIpc) is 1.62. The molecule has 4 saturated carbocycles. The molecular formula is C78H104N20O5. The van der Waals surface area contributed by atoms with Gasteiger partial charge in [0.15, 0.2) is 17.3 Å². The molecule has 0 radical (unpaired) electrons. The van der Waals surface area contributed by atoms with Crippen LogP contribution in [0.2, 0.25) is 0 Å². The van der Waals surface area contributed by atoms with Crippen molar-refractivity contribution in [2.24, 2.45) is 0 Å². The Kier molecular flexibility index (Phi) is 19.8. The number of hydrogen-bond donors (Lipinski definition) is 3. The molecule has 18 rings (SSSR count). The Balaban J connectivity index is 0.000000119. The molecule has 546 valence electrons. The van der Waals surface area contributed by atoms with Crippen LogP contribution >= 0.6 is 0 Å². The molecule has 4 aliphatic carbocycles. The van der Waals surface area contributed by atoms with Crippen molar-refractivity contribution < 1.29 is 23.9 Å². The number of nitrogens with one attached hydrogen (secondary N) is 3. The molecule has 3 saturated heterocycles. The van der Waals surface area contributed by atoms with E-state index in [1.807, 2.05) is 61.3 Å². The van der Waals surface area contributed by atoms with Gasteiger partial charge in [0.05, 0.1) is 53.1 Å². The van der Waals surface area contributed by atoms with E-state index >= 15 is 0 Å². The van der Waals surface area contributed by atoms with E-state index in [2.05, 4.69) is 117 Å². The van der Waals surface area contributed by atoms with Gasteiger partial charge < -0.3 is 63.6 Å². The number of piperazine rings is 3. The Hall–Kier alpha value is -8.07. The van der Waals surface area contributed by atoms with Crippen LogP contribution < -0.4 is 25.8 Å². The lowest BCUT2D eigenvalue weighted by Gasteiger charge is -2.44. The van der Waals surface area contributed by atoms with Gasteiger partial charge in [-0.1, -0.05) is 19.3 Å². The van der Waals surface area contributed by atoms with Gasteiger partial charge in [-0.25, -0.2) is 24.9 Å². The number of nitrogens with zero attached hydrogens (tertiary/aromatic N) is 17. The minimum atomic E-state index is -0.0753. The average molecular weight is 1400 g/mol. The third-order valence-electron chi connectivity index (χ3n) is 25.3. The fraction of sp³-hybridized carbons (Fsp3) is 0.603. The number of anilines is 7. The lowest BCUT2D eigenvalue weighted by atomic mass is 9.74. The van der Waals surface area contributed by atoms with E-state index in [1.165, 1.54) is 84.0 Å². The predicted octanol–water partition coefficient (Wildman–Crippen LogP) is 11.2. The number of carbonyl (C=O) groups is 3. The summed E-state index contributed by atoms with van der Waals surface area (Å²) >= 11 is 0. The first-order chi connectivity index (χ1) is 50.2. The summed E-state index contributed by atoms with van der Waals surface area (Å²) in [5, 5.41) is 13.0. The molecule has 25 nitrogen and oxygen atoms in total. The van der Waals surface area contributed by atoms with Gasteiger partial charge >= 0.3 is 0 Å². The molecule has 0 unspecified atom stereocenters. The number of rotatable bonds is 11. The highest BCUT2D eigenvalue weighted by Crippen LogP contribution is 2.49. The maximum absolute atomic E-state index is 12.8. The van der Waals surface area contributed by atoms with E-state index in [4.69, 9.17) is 24.4 Å². The first kappa shape index (κ1) is 69.3. The van der Waals surface area contributed by atoms with Gasteiger partial charge in [-0.05, 0) is 173 Å². The quantitative estimate of drug-likeness (QED) is 0.109. The Bertz CT molecular complexity index is 4130. The number of fused-ring (bicyclic) bond motifs is 12. The van der Waals surface area contributed by atoms with Crippen LogP contribution in [0.5, 0.6) is 0 Å². The van der Waals surface area contributed by atoms with E-state index in [0.717, 1.165) is 197 Å². The first-order valence-corrected chi connectivity index (χ1v) is 38.5. The summed E-state index contributed by atoms with van der Waals surface area (Å²) < 4.78 is 18.0. The van der Waals surface area contributed by atoms with Crippen molar-refractivity contribution in [3.63, 3.8) is 0 Å². The highest BCUT2D eigenvalue weighted by atomic mass is 16.5. The number of Topliss-reactive ketones (excluding diaryl/α,β-unsaturated/α-hetero) is 3. The van der Waals surface area contributed by atoms with Crippen molar-refractivity contribution in [1.82, 2.24) is 73.2 Å². The fourth-order valence-corrected chi connectivity index (χ4v) is 18.9. The highest BCUT2D eigenvalue weighted by Gasteiger charge is 2.46. The van der Waals surface area contributed by atoms with Gasteiger partial charge in [0.25, 0.3) is 0 Å². The lowest BCUT2D eigenvalue weighted by molar-refractivity contribution is 0.0237. The third-order valence-corrected chi connectivity index (χ3v) is 25.3. The summed E-state index contributed by atoms with van der Waals surface area (Å²) in [5.41, 5.74) is 7.20. The van der Waals surface area contributed by atoms with Crippen molar-refractivity contribution in [3.8, 4) is 0 Å². The van der Waals surface area contributed by atoms with Crippen LogP contribution in [-0.2, 0) is 26.1 Å². The second-order valence-corrected chi connectivity index (χ2v) is 31.5. The van der Waals surface area contributed by atoms with E-state index in [0.29, 0.717) is 61.0 Å². The molecule has 14 heterocycles. The standard InChI is InChI=1S/2C26H33N7O2.C26H38N6O/c2*1-31-11-13-32(14-12-31)19-3-4-23(27-17-19)29-25-28-16-18-15-21-22(34)7-10-26(33(21)24(18)30-25)8-5-20(35-2)6-9-26;1-30-13-15-31(16-14-30)21-7-5-20(6-8-21)28-25-27-18-19-17-22-23(33)9-12-26(10-3-2-4-11-26)32(22)24(19)29-25/h2*3-4,15-17,20H,5-14H2,1-2H3,(H,27,28,29,30);17-18,20-21H,2-16H2,1H3,(H,27,28,29). The van der Waals surface area contributed by atoms with Gasteiger partial charge in [-0.2, -0.15) is 15.0 Å². The minimum Gasteiger partial charge on any atom is -0.381 e. The van der Waals surface area contributed by atoms with E-state index < -0.39 is 0 Å². The molecule has 8 aromatic heterocycles. The second kappa shape index (κ2) is 29.5. The molecule has 3 N–H and O–H groups in total. The predicted molar refractivity (Wildman–Crippen MR) is 402 cm³/mol. The van der Waals surface area contributed by atoms with Gasteiger partial charge in [-0.3, -0.25) is 19.3 Å². The van der Waals surface area contributed by atoms with E-state index in [9.17, 15) is 14.4 Å². The Labute approximate surface area is 604 Å². The van der Waals surface area contributed by atoms with Crippen molar-refractivity contribution in [2.45, 2.75) is 189 Å². The van der Waals surface area contributed by atoms with Gasteiger partial charge in [-0.15, -0.1) is 0 Å². The SMILES string of the molecule is CN1CCN(C2CCC(Nc3ncc4cc5n(c4n3)C3(CCCCC3)CCC5=O)CC2)CC1.COC1CCC2(CCC(=O)c3cc4cnc(Nc5ccc(N6CCN(C)CC6)cn5)nc4n32)CC1.COC1CCC2(CCC(=O)c3cc4cnc(Nc5ccc(N6CCN(C)CC6)cn5)nc4n32)CC1. The number of pyridine rings is 2. The number of carbonyl (C=O) groups excluding carboxylic acids is 3. The molecule has 0 amide bonds. The second-order valence-electron chi connectivity index (χ2n) is 31.5. The zero-order chi connectivity index (χ0) is 70.4. The molecule has 3 spiro atoms. The Morgan fingerprint density at radius 2 is 0.786 bits per heavy atom. The summed E-state index contributed by atoms with van der Waals surface area (Å²) in [6, 6.07) is 15.3. The van der Waals surface area contributed by atoms with Gasteiger partial charge in [0.2, 0.25) is 17.8 Å². The van der Waals surface area contributed by atoms with Crippen molar-refractivity contribution in [1.29, 1.82) is 0 Å². The van der Waals surface area contributed by atoms with Gasteiger partial charge in [0, 0.05) is 175 Å². The van der Waals surface area contributed by atoms with Crippen molar-refractivity contribution >= 4 is 91.3 Å². The molecule has 7 fully saturated rings. The number of ketones is 3. The Morgan fingerprint density at radius 3 is 1.17 bits per heavy atom. The maximum Gasteiger partial charge on any atom is 0.230 e. The van der Waals surface area contributed by atoms with Crippen LogP contribution in [0.4, 0.5) is 40.9 Å². The van der Waals surface area contributed by atoms with Crippen LogP contribution in [-0.4, -0.2) is 229 Å². The zero-order valence-electron chi connectivity index (χ0n) is 61.1. The molecule has 10 aliphatic rings. The van der Waals surface area contributed by atoms with Crippen molar-refractivity contribution in [3.05, 3.63) is 90.5 Å². The third kappa shape index (κ3) is 14.1. The van der Waals surface area contributed by atoms with Crippen LogP contribution in [0.1, 0.15) is 179 Å². The minimum absolute atomic E-state index is 0.0753. The summed E-state index contributed by atoms with van der Waals surface area (Å²) in [7, 11) is 10.1. The molecule has 103 heavy (non-hydrogen) atoms. The first-order valence-electron chi connectivity index (χ1n) is 38.5. The number of aromatic nitrogens is 11. The lowest BCUT2D eigenvalue weighted by Crippen LogP contribution is -2.50. The van der Waals surface area contributed by atoms with E-state index in [-0.39, 0.29) is 34.0 Å². The number of methoxy groups -OCH3 is 2. The molecule has 0 aromatic carbocycles. The van der Waals surface area contributed by atoms with Crippen molar-refractivity contribution in [2.75, 3.05) is 140 Å². The number of ether oxygens (including phenoxy) is 2. The fourth-order valence-electron chi connectivity index (χ4n) is 18.9. The van der Waals surface area contributed by atoms with Crippen LogP contribution in [0, 0.1) is 0 Å². The molecule has 0 atom stereocenters. The highest BCUT2D eigenvalue weighted by molar-refractivity contribution is 6.02. The monoisotopic (exact) mass is 1400 g/mol. The molecule has 6 aliphatic heterocycles. The largest absolute Gasteiger partial charge is 0.381 e. The molecule has 8 aromatic rings. The normalized spacial score (nSPS) is 26.4. The molecule has 25 heteroatoms. The van der Waals surface area contributed by atoms with Crippen LogP contribution in [0.25, 0.3) is 33.1 Å². The summed E-state index contributed by atoms with van der Waals surface area (Å²) in [5.74, 6) is 3.79. The summed E-state index contributed by atoms with van der Waals surface area (Å²) in [6.07, 6.45) is 33.5. The molecular weight excluding hydrogens is 1300 g/mol. The zero-order valence-corrected chi connectivity index (χ0v) is 61.1. The van der Waals surface area contributed by atoms with E-state index in [1.54, 1.807) is 14.2 Å².